The van der Waals surface area contributed by atoms with Gasteiger partial charge in [0.05, 0.1) is 6.10 Å². The standard InChI is InChI=1S/C10H13N3O2/c1-7-13-9(5-11)10(15-7)12-6-8-3-2-4-14-8/h8,12H,2-4,6H2,1H3/t8-/m0/s1. The molecule has 1 aliphatic rings. The van der Waals surface area contributed by atoms with Gasteiger partial charge in [-0.15, -0.1) is 0 Å². The molecule has 1 aromatic heterocycles. The van der Waals surface area contributed by atoms with E-state index in [9.17, 15) is 0 Å². The zero-order valence-corrected chi connectivity index (χ0v) is 8.62. The summed E-state index contributed by atoms with van der Waals surface area (Å²) in [6.45, 7) is 3.22. The van der Waals surface area contributed by atoms with Crippen molar-refractivity contribution in [1.29, 1.82) is 5.26 Å². The predicted octanol–water partition coefficient (Wildman–Crippen LogP) is 1.45. The van der Waals surface area contributed by atoms with Crippen LogP contribution in [0.15, 0.2) is 4.42 Å². The van der Waals surface area contributed by atoms with Crippen LogP contribution in [0.25, 0.3) is 0 Å². The lowest BCUT2D eigenvalue weighted by Gasteiger charge is -2.09. The molecule has 0 amide bonds. The highest BCUT2D eigenvalue weighted by molar-refractivity contribution is 5.45. The fraction of sp³-hybridized carbons (Fsp3) is 0.600. The average Bonchev–Trinajstić information content (AvgIpc) is 2.83. The van der Waals surface area contributed by atoms with E-state index in [1.807, 2.05) is 6.07 Å². The maximum atomic E-state index is 8.78. The summed E-state index contributed by atoms with van der Waals surface area (Å²) >= 11 is 0. The summed E-state index contributed by atoms with van der Waals surface area (Å²) in [5.74, 6) is 0.951. The lowest BCUT2D eigenvalue weighted by molar-refractivity contribution is 0.120. The van der Waals surface area contributed by atoms with E-state index in [-0.39, 0.29) is 6.10 Å². The molecule has 2 rings (SSSR count). The molecule has 0 saturated carbocycles. The molecular formula is C10H13N3O2. The first kappa shape index (κ1) is 9.99. The van der Waals surface area contributed by atoms with Crippen molar-refractivity contribution in [1.82, 2.24) is 4.98 Å². The van der Waals surface area contributed by atoms with Crippen molar-refractivity contribution in [2.24, 2.45) is 0 Å². The molecule has 0 radical (unpaired) electrons. The quantitative estimate of drug-likeness (QED) is 0.812. The highest BCUT2D eigenvalue weighted by Gasteiger charge is 2.17. The van der Waals surface area contributed by atoms with Gasteiger partial charge in [-0.3, -0.25) is 0 Å². The first-order valence-corrected chi connectivity index (χ1v) is 5.02. The van der Waals surface area contributed by atoms with Gasteiger partial charge < -0.3 is 14.5 Å². The van der Waals surface area contributed by atoms with Crippen molar-refractivity contribution in [2.45, 2.75) is 25.9 Å². The number of nitrogens with one attached hydrogen (secondary N) is 1. The molecule has 0 spiro atoms. The van der Waals surface area contributed by atoms with Crippen molar-refractivity contribution in [3.05, 3.63) is 11.6 Å². The fourth-order valence-corrected chi connectivity index (χ4v) is 1.63. The molecule has 15 heavy (non-hydrogen) atoms. The summed E-state index contributed by atoms with van der Waals surface area (Å²) in [5, 5.41) is 11.8. The number of hydrogen-bond donors (Lipinski definition) is 1. The molecule has 1 saturated heterocycles. The average molecular weight is 207 g/mol. The number of nitriles is 1. The second kappa shape index (κ2) is 4.32. The Morgan fingerprint density at radius 2 is 2.53 bits per heavy atom. The summed E-state index contributed by atoms with van der Waals surface area (Å²) in [7, 11) is 0. The molecule has 0 aromatic carbocycles. The zero-order valence-electron chi connectivity index (χ0n) is 8.62. The summed E-state index contributed by atoms with van der Waals surface area (Å²) in [4.78, 5) is 3.94. The third-order valence-corrected chi connectivity index (χ3v) is 2.35. The minimum absolute atomic E-state index is 0.224. The Labute approximate surface area is 88.1 Å². The molecule has 2 heterocycles. The van der Waals surface area contributed by atoms with Crippen LogP contribution in [0.2, 0.25) is 0 Å². The summed E-state index contributed by atoms with van der Waals surface area (Å²) in [5.41, 5.74) is 0.311. The summed E-state index contributed by atoms with van der Waals surface area (Å²) in [6.07, 6.45) is 2.39. The van der Waals surface area contributed by atoms with E-state index in [1.165, 1.54) is 0 Å². The van der Waals surface area contributed by atoms with Gasteiger partial charge in [-0.1, -0.05) is 0 Å². The van der Waals surface area contributed by atoms with E-state index >= 15 is 0 Å². The van der Waals surface area contributed by atoms with Crippen LogP contribution in [0.4, 0.5) is 5.88 Å². The van der Waals surface area contributed by atoms with Gasteiger partial charge in [-0.25, -0.2) is 4.98 Å². The molecule has 80 valence electrons. The van der Waals surface area contributed by atoms with Crippen molar-refractivity contribution in [3.63, 3.8) is 0 Å². The third-order valence-electron chi connectivity index (χ3n) is 2.35. The van der Waals surface area contributed by atoms with Gasteiger partial charge in [0.15, 0.2) is 5.89 Å². The minimum atomic E-state index is 0.224. The van der Waals surface area contributed by atoms with Crippen LogP contribution in [0.1, 0.15) is 24.4 Å². The molecule has 1 N–H and O–H groups in total. The van der Waals surface area contributed by atoms with Crippen LogP contribution in [0, 0.1) is 18.3 Å². The highest BCUT2D eigenvalue weighted by atomic mass is 16.5. The molecule has 0 bridgehead atoms. The zero-order chi connectivity index (χ0) is 10.7. The van der Waals surface area contributed by atoms with Crippen LogP contribution in [0.3, 0.4) is 0 Å². The van der Waals surface area contributed by atoms with Crippen LogP contribution in [-0.2, 0) is 4.74 Å². The largest absolute Gasteiger partial charge is 0.424 e. The normalized spacial score (nSPS) is 20.1. The number of aromatic nitrogens is 1. The van der Waals surface area contributed by atoms with E-state index < -0.39 is 0 Å². The monoisotopic (exact) mass is 207 g/mol. The first-order valence-electron chi connectivity index (χ1n) is 5.02. The van der Waals surface area contributed by atoms with E-state index in [1.54, 1.807) is 6.92 Å². The van der Waals surface area contributed by atoms with E-state index in [0.29, 0.717) is 24.0 Å². The summed E-state index contributed by atoms with van der Waals surface area (Å²) < 4.78 is 10.7. The minimum Gasteiger partial charge on any atom is -0.424 e. The molecule has 1 aliphatic heterocycles. The molecule has 1 atom stereocenters. The second-order valence-electron chi connectivity index (χ2n) is 3.54. The number of aryl methyl sites for hydroxylation is 1. The Morgan fingerprint density at radius 1 is 1.67 bits per heavy atom. The van der Waals surface area contributed by atoms with Gasteiger partial charge in [-0.05, 0) is 12.8 Å². The van der Waals surface area contributed by atoms with Gasteiger partial charge in [0.2, 0.25) is 11.6 Å². The van der Waals surface area contributed by atoms with Gasteiger partial charge in [0, 0.05) is 20.1 Å². The Kier molecular flexibility index (Phi) is 2.88. The van der Waals surface area contributed by atoms with E-state index in [0.717, 1.165) is 19.4 Å². The maximum absolute atomic E-state index is 8.78. The Balaban J connectivity index is 1.95. The van der Waals surface area contributed by atoms with E-state index in [2.05, 4.69) is 10.3 Å². The Hall–Kier alpha value is -1.54. The number of rotatable bonds is 3. The van der Waals surface area contributed by atoms with Crippen LogP contribution in [-0.4, -0.2) is 24.2 Å². The number of nitrogens with zero attached hydrogens (tertiary/aromatic N) is 2. The van der Waals surface area contributed by atoms with Crippen LogP contribution < -0.4 is 5.32 Å². The van der Waals surface area contributed by atoms with Gasteiger partial charge >= 0.3 is 0 Å². The number of hydrogen-bond acceptors (Lipinski definition) is 5. The first-order chi connectivity index (χ1) is 7.29. The molecule has 1 fully saturated rings. The van der Waals surface area contributed by atoms with Gasteiger partial charge in [0.25, 0.3) is 0 Å². The number of oxazole rings is 1. The second-order valence-corrected chi connectivity index (χ2v) is 3.54. The molecule has 5 nitrogen and oxygen atoms in total. The smallest absolute Gasteiger partial charge is 0.232 e. The number of anilines is 1. The predicted molar refractivity (Wildman–Crippen MR) is 53.4 cm³/mol. The molecule has 1 aromatic rings. The molecule has 5 heteroatoms. The lowest BCUT2D eigenvalue weighted by atomic mass is 10.2. The summed E-state index contributed by atoms with van der Waals surface area (Å²) in [6, 6.07) is 1.98. The highest BCUT2D eigenvalue weighted by Crippen LogP contribution is 2.18. The Morgan fingerprint density at radius 3 is 3.20 bits per heavy atom. The van der Waals surface area contributed by atoms with Crippen molar-refractivity contribution in [3.8, 4) is 6.07 Å². The van der Waals surface area contributed by atoms with Crippen LogP contribution in [0.5, 0.6) is 0 Å². The SMILES string of the molecule is Cc1nc(C#N)c(NC[C@@H]2CCCO2)o1. The fourth-order valence-electron chi connectivity index (χ4n) is 1.63. The van der Waals surface area contributed by atoms with E-state index in [4.69, 9.17) is 14.4 Å². The lowest BCUT2D eigenvalue weighted by Crippen LogP contribution is -2.18. The number of ether oxygens (including phenoxy) is 1. The molecule has 0 unspecified atom stereocenters. The van der Waals surface area contributed by atoms with Gasteiger partial charge in [0.1, 0.15) is 6.07 Å². The molecular weight excluding hydrogens is 194 g/mol. The van der Waals surface area contributed by atoms with Crippen molar-refractivity contribution < 1.29 is 9.15 Å². The van der Waals surface area contributed by atoms with Crippen molar-refractivity contribution >= 4 is 5.88 Å². The van der Waals surface area contributed by atoms with Crippen molar-refractivity contribution in [2.75, 3.05) is 18.5 Å². The van der Waals surface area contributed by atoms with Crippen LogP contribution >= 0.6 is 0 Å². The topological polar surface area (TPSA) is 71.1 Å². The third kappa shape index (κ3) is 2.28. The van der Waals surface area contributed by atoms with Gasteiger partial charge in [-0.2, -0.15) is 5.26 Å². The Bertz CT molecular complexity index is 375. The molecule has 0 aliphatic carbocycles. The maximum Gasteiger partial charge on any atom is 0.232 e.